The molecule has 2 rings (SSSR count). The van der Waals surface area contributed by atoms with E-state index in [1.54, 1.807) is 12.5 Å². The number of nitrogens with zero attached hydrogens (tertiary/aromatic N) is 2. The number of rotatable bonds is 2. The van der Waals surface area contributed by atoms with Gasteiger partial charge in [0.1, 0.15) is 0 Å². The molecule has 0 spiro atoms. The highest BCUT2D eigenvalue weighted by atomic mass is 16.5. The van der Waals surface area contributed by atoms with Gasteiger partial charge in [0.25, 0.3) is 0 Å². The highest BCUT2D eigenvalue weighted by molar-refractivity contribution is 5.00. The minimum Gasteiger partial charge on any atom is -0.390 e. The van der Waals surface area contributed by atoms with Crippen LogP contribution in [0.15, 0.2) is 12.5 Å². The van der Waals surface area contributed by atoms with Crippen molar-refractivity contribution >= 4 is 0 Å². The highest BCUT2D eigenvalue weighted by Crippen LogP contribution is 2.32. The van der Waals surface area contributed by atoms with Crippen molar-refractivity contribution in [3.05, 3.63) is 18.2 Å². The Kier molecular flexibility index (Phi) is 2.80. The summed E-state index contributed by atoms with van der Waals surface area (Å²) in [5.41, 5.74) is 0.817. The van der Waals surface area contributed by atoms with Crippen molar-refractivity contribution in [1.29, 1.82) is 0 Å². The van der Waals surface area contributed by atoms with E-state index >= 15 is 0 Å². The van der Waals surface area contributed by atoms with E-state index < -0.39 is 0 Å². The summed E-state index contributed by atoms with van der Waals surface area (Å²) in [5.74, 6) is 0. The molecule has 4 nitrogen and oxygen atoms in total. The minimum atomic E-state index is -0.0695. The lowest BCUT2D eigenvalue weighted by atomic mass is 9.93. The van der Waals surface area contributed by atoms with Crippen LogP contribution in [0.2, 0.25) is 0 Å². The van der Waals surface area contributed by atoms with E-state index in [0.29, 0.717) is 6.04 Å². The number of aliphatic hydroxyl groups is 1. The van der Waals surface area contributed by atoms with Gasteiger partial charge in [-0.2, -0.15) is 0 Å². The van der Waals surface area contributed by atoms with Gasteiger partial charge < -0.3 is 14.4 Å². The topological polar surface area (TPSA) is 47.3 Å². The summed E-state index contributed by atoms with van der Waals surface area (Å²) in [6.07, 6.45) is 5.49. The average molecular weight is 210 g/mol. The number of imidazole rings is 1. The van der Waals surface area contributed by atoms with Gasteiger partial charge in [0.2, 0.25) is 0 Å². The second kappa shape index (κ2) is 3.94. The van der Waals surface area contributed by atoms with Crippen LogP contribution in [0.25, 0.3) is 0 Å². The molecule has 0 radical (unpaired) electrons. The quantitative estimate of drug-likeness (QED) is 0.804. The number of aromatic nitrogens is 2. The first kappa shape index (κ1) is 10.6. The number of hydrogen-bond acceptors (Lipinski definition) is 3. The molecule has 1 saturated heterocycles. The summed E-state index contributed by atoms with van der Waals surface area (Å²) < 4.78 is 7.74. The largest absolute Gasteiger partial charge is 0.390 e. The van der Waals surface area contributed by atoms with Crippen molar-refractivity contribution < 1.29 is 9.84 Å². The standard InChI is InChI=1S/C11H18N2O2/c1-11(2)5-9(3-4-15-11)13-8-12-6-10(13)7-14/h6,8-9,14H,3-5,7H2,1-2H3. The molecule has 1 aromatic heterocycles. The summed E-state index contributed by atoms with van der Waals surface area (Å²) in [7, 11) is 0. The Morgan fingerprint density at radius 2 is 2.47 bits per heavy atom. The van der Waals surface area contributed by atoms with E-state index in [1.807, 2.05) is 0 Å². The smallest absolute Gasteiger partial charge is 0.0951 e. The van der Waals surface area contributed by atoms with Crippen molar-refractivity contribution in [3.8, 4) is 0 Å². The summed E-state index contributed by atoms with van der Waals surface area (Å²) in [5, 5.41) is 9.18. The van der Waals surface area contributed by atoms with E-state index in [-0.39, 0.29) is 12.2 Å². The van der Waals surface area contributed by atoms with Gasteiger partial charge in [-0.15, -0.1) is 0 Å². The molecule has 0 bridgehead atoms. The molecular weight excluding hydrogens is 192 g/mol. The van der Waals surface area contributed by atoms with E-state index in [0.717, 1.165) is 25.1 Å². The first-order valence-corrected chi connectivity index (χ1v) is 5.38. The molecule has 1 aromatic rings. The Labute approximate surface area is 89.9 Å². The Morgan fingerprint density at radius 3 is 3.13 bits per heavy atom. The van der Waals surface area contributed by atoms with Crippen LogP contribution in [0.3, 0.4) is 0 Å². The maximum Gasteiger partial charge on any atom is 0.0951 e. The van der Waals surface area contributed by atoms with Crippen LogP contribution < -0.4 is 0 Å². The fourth-order valence-electron chi connectivity index (χ4n) is 2.22. The molecule has 1 aliphatic rings. The Balaban J connectivity index is 2.17. The van der Waals surface area contributed by atoms with Crippen molar-refractivity contribution in [2.45, 2.75) is 44.9 Å². The zero-order valence-corrected chi connectivity index (χ0v) is 9.31. The number of ether oxygens (including phenoxy) is 1. The lowest BCUT2D eigenvalue weighted by molar-refractivity contribution is -0.0697. The zero-order valence-electron chi connectivity index (χ0n) is 9.31. The summed E-state index contributed by atoms with van der Waals surface area (Å²) in [4.78, 5) is 4.08. The fourth-order valence-corrected chi connectivity index (χ4v) is 2.22. The minimum absolute atomic E-state index is 0.0534. The Morgan fingerprint density at radius 1 is 1.67 bits per heavy atom. The van der Waals surface area contributed by atoms with Gasteiger partial charge in [0, 0.05) is 12.6 Å². The molecule has 1 N–H and O–H groups in total. The van der Waals surface area contributed by atoms with Gasteiger partial charge in [-0.25, -0.2) is 4.98 Å². The van der Waals surface area contributed by atoms with Crippen LogP contribution in [0.4, 0.5) is 0 Å². The van der Waals surface area contributed by atoms with E-state index in [4.69, 9.17) is 4.74 Å². The van der Waals surface area contributed by atoms with E-state index in [9.17, 15) is 5.11 Å². The first-order chi connectivity index (χ1) is 7.12. The van der Waals surface area contributed by atoms with Gasteiger partial charge in [-0.3, -0.25) is 0 Å². The van der Waals surface area contributed by atoms with Crippen LogP contribution in [0, 0.1) is 0 Å². The monoisotopic (exact) mass is 210 g/mol. The number of aliphatic hydroxyl groups excluding tert-OH is 1. The van der Waals surface area contributed by atoms with Crippen molar-refractivity contribution in [3.63, 3.8) is 0 Å². The van der Waals surface area contributed by atoms with Crippen molar-refractivity contribution in [1.82, 2.24) is 9.55 Å². The molecule has 0 aromatic carbocycles. The Bertz CT molecular complexity index is 333. The Hall–Kier alpha value is -0.870. The maximum atomic E-state index is 9.18. The number of hydrogen-bond donors (Lipinski definition) is 1. The molecule has 2 heterocycles. The highest BCUT2D eigenvalue weighted by Gasteiger charge is 2.30. The summed E-state index contributed by atoms with van der Waals surface area (Å²) in [6, 6.07) is 0.401. The molecule has 4 heteroatoms. The van der Waals surface area contributed by atoms with Gasteiger partial charge >= 0.3 is 0 Å². The summed E-state index contributed by atoms with van der Waals surface area (Å²) in [6.45, 7) is 5.04. The lowest BCUT2D eigenvalue weighted by Crippen LogP contribution is -2.35. The van der Waals surface area contributed by atoms with Crippen LogP contribution in [0.1, 0.15) is 38.4 Å². The second-order valence-electron chi connectivity index (χ2n) is 4.71. The zero-order chi connectivity index (χ0) is 10.9. The molecule has 1 fully saturated rings. The normalized spacial score (nSPS) is 25.4. The third-order valence-corrected chi connectivity index (χ3v) is 2.97. The molecule has 84 valence electrons. The molecule has 1 aliphatic heterocycles. The summed E-state index contributed by atoms with van der Waals surface area (Å²) >= 11 is 0. The molecule has 0 saturated carbocycles. The van der Waals surface area contributed by atoms with Crippen LogP contribution >= 0.6 is 0 Å². The predicted octanol–water partition coefficient (Wildman–Crippen LogP) is 1.51. The van der Waals surface area contributed by atoms with Gasteiger partial charge in [0.15, 0.2) is 0 Å². The first-order valence-electron chi connectivity index (χ1n) is 5.38. The van der Waals surface area contributed by atoms with Crippen molar-refractivity contribution in [2.24, 2.45) is 0 Å². The van der Waals surface area contributed by atoms with E-state index in [2.05, 4.69) is 23.4 Å². The van der Waals surface area contributed by atoms with Gasteiger partial charge in [0.05, 0.1) is 30.4 Å². The second-order valence-corrected chi connectivity index (χ2v) is 4.71. The average Bonchev–Trinajstić information content (AvgIpc) is 2.63. The van der Waals surface area contributed by atoms with Crippen molar-refractivity contribution in [2.75, 3.05) is 6.61 Å². The molecular formula is C11H18N2O2. The maximum absolute atomic E-state index is 9.18. The molecule has 1 unspecified atom stereocenters. The van der Waals surface area contributed by atoms with Crippen LogP contribution in [-0.2, 0) is 11.3 Å². The van der Waals surface area contributed by atoms with Crippen LogP contribution in [0.5, 0.6) is 0 Å². The predicted molar refractivity (Wildman–Crippen MR) is 56.5 cm³/mol. The van der Waals surface area contributed by atoms with Crippen LogP contribution in [-0.4, -0.2) is 26.9 Å². The molecule has 1 atom stereocenters. The van der Waals surface area contributed by atoms with Gasteiger partial charge in [-0.05, 0) is 26.7 Å². The molecule has 15 heavy (non-hydrogen) atoms. The SMILES string of the molecule is CC1(C)CC(n2cncc2CO)CCO1. The van der Waals surface area contributed by atoms with Gasteiger partial charge in [-0.1, -0.05) is 0 Å². The molecule has 0 amide bonds. The third kappa shape index (κ3) is 2.21. The molecule has 0 aliphatic carbocycles. The third-order valence-electron chi connectivity index (χ3n) is 2.97. The lowest BCUT2D eigenvalue weighted by Gasteiger charge is -2.36. The van der Waals surface area contributed by atoms with E-state index in [1.165, 1.54) is 0 Å². The fraction of sp³-hybridized carbons (Fsp3) is 0.727.